The van der Waals surface area contributed by atoms with Crippen LogP contribution in [-0.4, -0.2) is 35.3 Å². The molecule has 1 aromatic heterocycles. The van der Waals surface area contributed by atoms with Crippen LogP contribution in [0.2, 0.25) is 0 Å². The number of benzene rings is 1. The minimum atomic E-state index is -0.101. The van der Waals surface area contributed by atoms with Gasteiger partial charge in [-0.1, -0.05) is 0 Å². The highest BCUT2D eigenvalue weighted by atomic mass is 16.5. The number of aromatic amines is 1. The van der Waals surface area contributed by atoms with Gasteiger partial charge in [0.25, 0.3) is 0 Å². The van der Waals surface area contributed by atoms with Crippen LogP contribution in [0.15, 0.2) is 23.2 Å². The first kappa shape index (κ1) is 14.1. The molecule has 0 aliphatic carbocycles. The van der Waals surface area contributed by atoms with Gasteiger partial charge in [-0.25, -0.2) is 4.99 Å². The van der Waals surface area contributed by atoms with Crippen molar-refractivity contribution >= 4 is 17.2 Å². The number of nitrogens with one attached hydrogen (secondary N) is 1. The van der Waals surface area contributed by atoms with E-state index in [1.165, 1.54) is 6.07 Å². The Balaban J connectivity index is 2.05. The number of aromatic nitrogens is 1. The zero-order valence-corrected chi connectivity index (χ0v) is 12.5. The van der Waals surface area contributed by atoms with Crippen LogP contribution >= 0.6 is 0 Å². The molecule has 22 heavy (non-hydrogen) atoms. The molecular formula is C15H17N3O4. The van der Waals surface area contributed by atoms with Gasteiger partial charge in [0.1, 0.15) is 11.5 Å². The van der Waals surface area contributed by atoms with Crippen LogP contribution in [0.1, 0.15) is 12.5 Å². The molecule has 0 atom stereocenters. The molecule has 0 fully saturated rings. The van der Waals surface area contributed by atoms with Crippen molar-refractivity contribution < 1.29 is 19.7 Å². The molecule has 1 aliphatic rings. The molecule has 7 nitrogen and oxygen atoms in total. The molecule has 0 bridgehead atoms. The Hall–Kier alpha value is -2.83. The standard InChI is InChI=1S/C15H17N3O4/c1-8-16-10-5-13(22-3)12(21-2)4-9(10)7-18(8)11-6-14(19)17-15(11)20/h4-6,17,19-20H,7H2,1-3H3. The van der Waals surface area contributed by atoms with E-state index in [4.69, 9.17) is 9.47 Å². The van der Waals surface area contributed by atoms with Crippen molar-refractivity contribution in [2.45, 2.75) is 13.5 Å². The topological polar surface area (TPSA) is 90.3 Å². The maximum Gasteiger partial charge on any atom is 0.215 e. The lowest BCUT2D eigenvalue weighted by Gasteiger charge is -2.28. The lowest BCUT2D eigenvalue weighted by Crippen LogP contribution is -2.30. The van der Waals surface area contributed by atoms with Crippen LogP contribution in [-0.2, 0) is 6.54 Å². The fraction of sp³-hybridized carbons (Fsp3) is 0.267. The van der Waals surface area contributed by atoms with E-state index in [2.05, 4.69) is 9.98 Å². The van der Waals surface area contributed by atoms with Crippen molar-refractivity contribution in [1.29, 1.82) is 0 Å². The maximum absolute atomic E-state index is 9.88. The molecule has 3 rings (SSSR count). The van der Waals surface area contributed by atoms with E-state index in [1.54, 1.807) is 19.1 Å². The number of amidine groups is 1. The summed E-state index contributed by atoms with van der Waals surface area (Å²) in [6, 6.07) is 5.14. The van der Waals surface area contributed by atoms with E-state index in [0.717, 1.165) is 11.3 Å². The second-order valence-corrected chi connectivity index (χ2v) is 4.97. The average molecular weight is 303 g/mol. The van der Waals surface area contributed by atoms with Crippen molar-refractivity contribution in [2.75, 3.05) is 19.1 Å². The summed E-state index contributed by atoms with van der Waals surface area (Å²) >= 11 is 0. The fourth-order valence-corrected chi connectivity index (χ4v) is 2.55. The van der Waals surface area contributed by atoms with Gasteiger partial charge < -0.3 is 24.6 Å². The monoisotopic (exact) mass is 303 g/mol. The van der Waals surface area contributed by atoms with Gasteiger partial charge in [-0.3, -0.25) is 4.98 Å². The lowest BCUT2D eigenvalue weighted by atomic mass is 10.1. The minimum absolute atomic E-state index is 0.0987. The first-order valence-corrected chi connectivity index (χ1v) is 6.72. The molecule has 0 radical (unpaired) electrons. The van der Waals surface area contributed by atoms with Gasteiger partial charge in [0.2, 0.25) is 5.88 Å². The van der Waals surface area contributed by atoms with Crippen molar-refractivity contribution in [1.82, 2.24) is 4.98 Å². The van der Waals surface area contributed by atoms with E-state index < -0.39 is 0 Å². The summed E-state index contributed by atoms with van der Waals surface area (Å²) in [7, 11) is 3.16. The molecule has 0 spiro atoms. The predicted molar refractivity (Wildman–Crippen MR) is 82.6 cm³/mol. The van der Waals surface area contributed by atoms with Gasteiger partial charge in [0, 0.05) is 17.7 Å². The molecule has 0 saturated heterocycles. The summed E-state index contributed by atoms with van der Waals surface area (Å²) in [5.74, 6) is 1.74. The third kappa shape index (κ3) is 2.20. The average Bonchev–Trinajstić information content (AvgIpc) is 2.83. The minimum Gasteiger partial charge on any atom is -0.494 e. The number of methoxy groups -OCH3 is 2. The Bertz CT molecular complexity index is 751. The molecule has 2 aromatic rings. The second kappa shape index (κ2) is 5.18. The van der Waals surface area contributed by atoms with Crippen molar-refractivity contribution in [3.63, 3.8) is 0 Å². The number of nitrogens with zero attached hydrogens (tertiary/aromatic N) is 2. The van der Waals surface area contributed by atoms with E-state index in [1.807, 2.05) is 19.1 Å². The highest BCUT2D eigenvalue weighted by molar-refractivity contribution is 6.00. The summed E-state index contributed by atoms with van der Waals surface area (Å²) in [5, 5.41) is 19.4. The van der Waals surface area contributed by atoms with Crippen molar-refractivity contribution in [3.05, 3.63) is 23.8 Å². The molecule has 0 saturated carbocycles. The van der Waals surface area contributed by atoms with Crippen LogP contribution in [0.25, 0.3) is 0 Å². The summed E-state index contributed by atoms with van der Waals surface area (Å²) in [6.07, 6.45) is 0. The van der Waals surface area contributed by atoms with Crippen LogP contribution in [0.5, 0.6) is 23.3 Å². The molecule has 1 aliphatic heterocycles. The van der Waals surface area contributed by atoms with Crippen LogP contribution < -0.4 is 14.4 Å². The Morgan fingerprint density at radius 2 is 1.82 bits per heavy atom. The first-order chi connectivity index (χ1) is 10.5. The van der Waals surface area contributed by atoms with Crippen molar-refractivity contribution in [2.24, 2.45) is 4.99 Å². The van der Waals surface area contributed by atoms with Crippen LogP contribution in [0.4, 0.5) is 11.4 Å². The van der Waals surface area contributed by atoms with Crippen LogP contribution in [0.3, 0.4) is 0 Å². The molecule has 0 amide bonds. The third-order valence-electron chi connectivity index (χ3n) is 3.64. The maximum atomic E-state index is 9.88. The van der Waals surface area contributed by atoms with Gasteiger partial charge in [-0.15, -0.1) is 0 Å². The van der Waals surface area contributed by atoms with Gasteiger partial charge in [-0.05, 0) is 13.0 Å². The van der Waals surface area contributed by atoms with E-state index in [9.17, 15) is 10.2 Å². The molecule has 3 N–H and O–H groups in total. The number of hydrogen-bond acceptors (Lipinski definition) is 6. The molecule has 1 aromatic carbocycles. The smallest absolute Gasteiger partial charge is 0.215 e. The number of H-pyrrole nitrogens is 1. The zero-order chi connectivity index (χ0) is 15.9. The zero-order valence-electron chi connectivity index (χ0n) is 12.5. The van der Waals surface area contributed by atoms with E-state index >= 15 is 0 Å². The molecule has 116 valence electrons. The first-order valence-electron chi connectivity index (χ1n) is 6.72. The quantitative estimate of drug-likeness (QED) is 0.810. The highest BCUT2D eigenvalue weighted by Crippen LogP contribution is 2.40. The van der Waals surface area contributed by atoms with Gasteiger partial charge in [-0.2, -0.15) is 0 Å². The largest absolute Gasteiger partial charge is 0.494 e. The third-order valence-corrected chi connectivity index (χ3v) is 3.64. The van der Waals surface area contributed by atoms with Gasteiger partial charge in [0.15, 0.2) is 17.4 Å². The summed E-state index contributed by atoms with van der Waals surface area (Å²) in [5.41, 5.74) is 2.20. The summed E-state index contributed by atoms with van der Waals surface area (Å²) in [4.78, 5) is 8.80. The summed E-state index contributed by atoms with van der Waals surface area (Å²) in [6.45, 7) is 2.33. The van der Waals surface area contributed by atoms with Crippen molar-refractivity contribution in [3.8, 4) is 23.3 Å². The van der Waals surface area contributed by atoms with Crippen LogP contribution in [0, 0.1) is 0 Å². The van der Waals surface area contributed by atoms with Gasteiger partial charge in [0.05, 0.1) is 26.5 Å². The second-order valence-electron chi connectivity index (χ2n) is 4.97. The summed E-state index contributed by atoms with van der Waals surface area (Å²) < 4.78 is 10.6. The number of hydrogen-bond donors (Lipinski definition) is 3. The lowest BCUT2D eigenvalue weighted by molar-refractivity contribution is 0.354. The number of ether oxygens (including phenoxy) is 2. The SMILES string of the molecule is COc1cc2c(cc1OC)N=C(C)N(c1cc(O)[nH]c1O)C2. The highest BCUT2D eigenvalue weighted by Gasteiger charge is 2.24. The fourth-order valence-electron chi connectivity index (χ4n) is 2.55. The number of aromatic hydroxyl groups is 2. The van der Waals surface area contributed by atoms with E-state index in [-0.39, 0.29) is 11.8 Å². The Morgan fingerprint density at radius 3 is 2.41 bits per heavy atom. The molecule has 2 heterocycles. The molecular weight excluding hydrogens is 286 g/mol. The van der Waals surface area contributed by atoms with Gasteiger partial charge >= 0.3 is 0 Å². The predicted octanol–water partition coefficient (Wildman–Crippen LogP) is 2.51. The molecule has 0 unspecified atom stereocenters. The Labute approximate surface area is 127 Å². The number of fused-ring (bicyclic) bond motifs is 1. The number of rotatable bonds is 3. The Kier molecular flexibility index (Phi) is 3.32. The number of anilines is 1. The Morgan fingerprint density at radius 1 is 1.14 bits per heavy atom. The normalized spacial score (nSPS) is 13.6. The van der Waals surface area contributed by atoms with E-state index in [0.29, 0.717) is 29.6 Å². The number of aliphatic imine (C=N–C) groups is 1. The molecule has 7 heteroatoms.